The summed E-state index contributed by atoms with van der Waals surface area (Å²) in [4.78, 5) is 22.1. The number of esters is 1. The number of rotatable bonds is 6. The van der Waals surface area contributed by atoms with Gasteiger partial charge in [-0.3, -0.25) is 4.79 Å². The van der Waals surface area contributed by atoms with Gasteiger partial charge in [-0.25, -0.2) is 4.79 Å². The highest BCUT2D eigenvalue weighted by Crippen LogP contribution is 2.23. The molecule has 1 rings (SSSR count). The summed E-state index contributed by atoms with van der Waals surface area (Å²) in [6.45, 7) is 3.78. The molecule has 1 aromatic rings. The molecule has 0 radical (unpaired) electrons. The van der Waals surface area contributed by atoms with Crippen LogP contribution in [0.5, 0.6) is 5.75 Å². The van der Waals surface area contributed by atoms with E-state index in [0.717, 1.165) is 12.0 Å². The summed E-state index contributed by atoms with van der Waals surface area (Å²) < 4.78 is 5.18. The Kier molecular flexibility index (Phi) is 5.79. The van der Waals surface area contributed by atoms with E-state index >= 15 is 0 Å². The number of carboxylic acids is 1. The van der Waals surface area contributed by atoms with Crippen LogP contribution in [0.1, 0.15) is 38.7 Å². The van der Waals surface area contributed by atoms with Crippen LogP contribution in [-0.2, 0) is 9.59 Å². The molecule has 0 aromatic heterocycles. The lowest BCUT2D eigenvalue weighted by Crippen LogP contribution is -2.06. The Balaban J connectivity index is 2.93. The lowest BCUT2D eigenvalue weighted by molar-refractivity contribution is -0.134. The summed E-state index contributed by atoms with van der Waals surface area (Å²) in [5.41, 5.74) is 1.45. The van der Waals surface area contributed by atoms with Gasteiger partial charge in [-0.15, -0.1) is 0 Å². The first-order valence-electron chi connectivity index (χ1n) is 6.31. The lowest BCUT2D eigenvalue weighted by Gasteiger charge is -2.07. The van der Waals surface area contributed by atoms with Crippen molar-refractivity contribution in [1.82, 2.24) is 0 Å². The Bertz CT molecular complexity index is 489. The van der Waals surface area contributed by atoms with E-state index in [1.54, 1.807) is 24.3 Å². The zero-order valence-electron chi connectivity index (χ0n) is 11.2. The molecule has 0 atom stereocenters. The van der Waals surface area contributed by atoms with Crippen LogP contribution in [0.2, 0.25) is 0 Å². The summed E-state index contributed by atoms with van der Waals surface area (Å²) in [5, 5.41) is 8.80. The summed E-state index contributed by atoms with van der Waals surface area (Å²) in [7, 11) is 0. The first-order chi connectivity index (χ1) is 9.06. The fourth-order valence-corrected chi connectivity index (χ4v) is 1.68. The quantitative estimate of drug-likeness (QED) is 0.485. The molecule has 19 heavy (non-hydrogen) atoms. The van der Waals surface area contributed by atoms with Gasteiger partial charge in [-0.2, -0.15) is 0 Å². The second-order valence-electron chi connectivity index (χ2n) is 4.11. The molecule has 102 valence electrons. The molecule has 4 heteroatoms. The van der Waals surface area contributed by atoms with E-state index in [2.05, 4.69) is 0 Å². The van der Waals surface area contributed by atoms with E-state index in [4.69, 9.17) is 9.84 Å². The molecule has 1 aromatic carbocycles. The molecule has 0 heterocycles. The highest BCUT2D eigenvalue weighted by atomic mass is 16.5. The number of carboxylic acid groups (broad SMARTS) is 1. The van der Waals surface area contributed by atoms with Crippen molar-refractivity contribution in [1.29, 1.82) is 0 Å². The van der Waals surface area contributed by atoms with Crippen molar-refractivity contribution in [3.05, 3.63) is 35.9 Å². The molecule has 4 nitrogen and oxygen atoms in total. The van der Waals surface area contributed by atoms with Gasteiger partial charge in [0.2, 0.25) is 0 Å². The molecule has 0 aliphatic rings. The Hall–Kier alpha value is -2.10. The van der Waals surface area contributed by atoms with Crippen LogP contribution in [0.4, 0.5) is 0 Å². The van der Waals surface area contributed by atoms with Gasteiger partial charge in [-0.05, 0) is 36.1 Å². The van der Waals surface area contributed by atoms with E-state index in [1.165, 1.54) is 6.08 Å². The average molecular weight is 262 g/mol. The van der Waals surface area contributed by atoms with Crippen LogP contribution in [0.15, 0.2) is 30.3 Å². The second kappa shape index (κ2) is 7.36. The zero-order valence-corrected chi connectivity index (χ0v) is 11.2. The minimum absolute atomic E-state index is 0.278. The molecule has 0 unspecified atom stereocenters. The van der Waals surface area contributed by atoms with Crippen molar-refractivity contribution in [3.63, 3.8) is 0 Å². The molecule has 0 aliphatic carbocycles. The minimum Gasteiger partial charge on any atom is -0.478 e. The van der Waals surface area contributed by atoms with Gasteiger partial charge in [0.05, 0.1) is 0 Å². The summed E-state index contributed by atoms with van der Waals surface area (Å²) >= 11 is 0. The third-order valence-corrected chi connectivity index (χ3v) is 2.57. The molecule has 0 amide bonds. The van der Waals surface area contributed by atoms with Gasteiger partial charge in [-0.1, -0.05) is 26.0 Å². The monoisotopic (exact) mass is 262 g/mol. The molecule has 0 aliphatic heterocycles. The number of benzene rings is 1. The van der Waals surface area contributed by atoms with Crippen LogP contribution < -0.4 is 4.74 Å². The largest absolute Gasteiger partial charge is 0.478 e. The summed E-state index contributed by atoms with van der Waals surface area (Å²) in [6.07, 6.45) is 2.87. The van der Waals surface area contributed by atoms with Crippen LogP contribution in [0.25, 0.3) is 5.57 Å². The summed E-state index contributed by atoms with van der Waals surface area (Å²) in [6, 6.07) is 6.92. The Morgan fingerprint density at radius 3 is 2.63 bits per heavy atom. The number of hydrogen-bond acceptors (Lipinski definition) is 3. The minimum atomic E-state index is -0.981. The normalized spacial score (nSPS) is 11.2. The smallest absolute Gasteiger partial charge is 0.328 e. The van der Waals surface area contributed by atoms with E-state index in [-0.39, 0.29) is 5.97 Å². The standard InChI is InChI=1S/C15H18O4/c1-3-6-15(18)19-13-8-5-7-12(9-13)11(4-2)10-14(16)17/h5,7-10H,3-4,6H2,1-2H3,(H,16,17). The fraction of sp³-hybridized carbons (Fsp3) is 0.333. The molecular weight excluding hydrogens is 244 g/mol. The second-order valence-corrected chi connectivity index (χ2v) is 4.11. The molecule has 0 spiro atoms. The Morgan fingerprint density at radius 1 is 1.32 bits per heavy atom. The van der Waals surface area contributed by atoms with Crippen molar-refractivity contribution >= 4 is 17.5 Å². The number of carbonyl (C=O) groups excluding carboxylic acids is 1. The van der Waals surface area contributed by atoms with Crippen molar-refractivity contribution in [2.45, 2.75) is 33.1 Å². The van der Waals surface area contributed by atoms with Crippen molar-refractivity contribution in [2.24, 2.45) is 0 Å². The Morgan fingerprint density at radius 2 is 2.05 bits per heavy atom. The van der Waals surface area contributed by atoms with Gasteiger partial charge in [0.15, 0.2) is 0 Å². The lowest BCUT2D eigenvalue weighted by atomic mass is 10.0. The van der Waals surface area contributed by atoms with Crippen molar-refractivity contribution in [3.8, 4) is 5.75 Å². The average Bonchev–Trinajstić information content (AvgIpc) is 2.36. The number of carbonyl (C=O) groups is 2. The molecule has 0 fully saturated rings. The molecule has 1 N–H and O–H groups in total. The maximum atomic E-state index is 11.4. The topological polar surface area (TPSA) is 63.6 Å². The van der Waals surface area contributed by atoms with Gasteiger partial charge < -0.3 is 9.84 Å². The predicted octanol–water partition coefficient (Wildman–Crippen LogP) is 3.27. The van der Waals surface area contributed by atoms with Crippen molar-refractivity contribution in [2.75, 3.05) is 0 Å². The van der Waals surface area contributed by atoms with Crippen LogP contribution in [0, 0.1) is 0 Å². The van der Waals surface area contributed by atoms with E-state index < -0.39 is 5.97 Å². The first kappa shape index (κ1) is 15.0. The third kappa shape index (κ3) is 4.95. The molecule has 0 bridgehead atoms. The highest BCUT2D eigenvalue weighted by Gasteiger charge is 2.07. The first-order valence-corrected chi connectivity index (χ1v) is 6.31. The number of allylic oxidation sites excluding steroid dienone is 1. The van der Waals surface area contributed by atoms with Gasteiger partial charge >= 0.3 is 11.9 Å². The number of aliphatic carboxylic acids is 1. The van der Waals surface area contributed by atoms with Gasteiger partial charge in [0.25, 0.3) is 0 Å². The highest BCUT2D eigenvalue weighted by molar-refractivity contribution is 5.90. The van der Waals surface area contributed by atoms with Crippen LogP contribution >= 0.6 is 0 Å². The number of ether oxygens (including phenoxy) is 1. The maximum absolute atomic E-state index is 11.4. The van der Waals surface area contributed by atoms with E-state index in [9.17, 15) is 9.59 Å². The van der Waals surface area contributed by atoms with Crippen LogP contribution in [-0.4, -0.2) is 17.0 Å². The predicted molar refractivity (Wildman–Crippen MR) is 72.9 cm³/mol. The van der Waals surface area contributed by atoms with Crippen molar-refractivity contribution < 1.29 is 19.4 Å². The number of hydrogen-bond donors (Lipinski definition) is 1. The fourth-order valence-electron chi connectivity index (χ4n) is 1.68. The molecule has 0 saturated carbocycles. The van der Waals surface area contributed by atoms with Gasteiger partial charge in [0.1, 0.15) is 5.75 Å². The maximum Gasteiger partial charge on any atom is 0.328 e. The zero-order chi connectivity index (χ0) is 14.3. The summed E-state index contributed by atoms with van der Waals surface area (Å²) in [5.74, 6) is -0.814. The van der Waals surface area contributed by atoms with Gasteiger partial charge in [0, 0.05) is 12.5 Å². The van der Waals surface area contributed by atoms with Crippen LogP contribution in [0.3, 0.4) is 0 Å². The molecular formula is C15H18O4. The van der Waals surface area contributed by atoms with E-state index in [1.807, 2.05) is 13.8 Å². The molecule has 0 saturated heterocycles. The third-order valence-electron chi connectivity index (χ3n) is 2.57. The SMILES string of the molecule is CCCC(=O)Oc1cccc(C(=CC(=O)O)CC)c1. The Labute approximate surface area is 112 Å². The van der Waals surface area contributed by atoms with E-state index in [0.29, 0.717) is 24.2 Å².